The molecule has 108 valence electrons. The standard InChI is InChI=1S/C13H21NO3S2/c1-3-11-5-6-13(18-11)19(16,17)14-12(4-2)9-7-10(15)8-9/h5-6,9-10,12,14-15H,3-4,7-8H2,1-2H3. The number of aliphatic hydroxyl groups excluding tert-OH is 1. The molecule has 19 heavy (non-hydrogen) atoms. The molecule has 1 unspecified atom stereocenters. The Hall–Kier alpha value is -0.430. The van der Waals surface area contributed by atoms with E-state index in [4.69, 9.17) is 0 Å². The van der Waals surface area contributed by atoms with Crippen LogP contribution in [0.3, 0.4) is 0 Å². The SMILES string of the molecule is CCc1ccc(S(=O)(=O)NC(CC)C2CC(O)C2)s1. The fraction of sp³-hybridized carbons (Fsp3) is 0.692. The summed E-state index contributed by atoms with van der Waals surface area (Å²) in [6.45, 7) is 3.99. The van der Waals surface area contributed by atoms with Crippen LogP contribution in [0.25, 0.3) is 0 Å². The van der Waals surface area contributed by atoms with Gasteiger partial charge in [0.1, 0.15) is 4.21 Å². The minimum Gasteiger partial charge on any atom is -0.393 e. The molecule has 2 rings (SSSR count). The Morgan fingerprint density at radius 1 is 1.42 bits per heavy atom. The predicted molar refractivity (Wildman–Crippen MR) is 76.8 cm³/mol. The van der Waals surface area contributed by atoms with Gasteiger partial charge < -0.3 is 5.11 Å². The molecule has 0 aromatic carbocycles. The van der Waals surface area contributed by atoms with Crippen molar-refractivity contribution in [1.82, 2.24) is 4.72 Å². The van der Waals surface area contributed by atoms with Crippen LogP contribution in [0.2, 0.25) is 0 Å². The first-order chi connectivity index (χ1) is 8.96. The average Bonchev–Trinajstić information content (AvgIpc) is 2.82. The fourth-order valence-electron chi connectivity index (χ4n) is 2.42. The number of aliphatic hydroxyl groups is 1. The third kappa shape index (κ3) is 3.37. The van der Waals surface area contributed by atoms with Crippen molar-refractivity contribution in [3.05, 3.63) is 17.0 Å². The van der Waals surface area contributed by atoms with Gasteiger partial charge in [0, 0.05) is 10.9 Å². The summed E-state index contributed by atoms with van der Waals surface area (Å²) in [6.07, 6.45) is 2.75. The van der Waals surface area contributed by atoms with Crippen molar-refractivity contribution < 1.29 is 13.5 Å². The average molecular weight is 303 g/mol. The normalized spacial score (nSPS) is 25.0. The molecule has 1 aromatic rings. The van der Waals surface area contributed by atoms with Crippen molar-refractivity contribution in [2.75, 3.05) is 0 Å². The Morgan fingerprint density at radius 3 is 2.58 bits per heavy atom. The van der Waals surface area contributed by atoms with Crippen molar-refractivity contribution in [3.63, 3.8) is 0 Å². The Balaban J connectivity index is 2.07. The molecule has 2 N–H and O–H groups in total. The second-order valence-corrected chi connectivity index (χ2v) is 8.20. The highest BCUT2D eigenvalue weighted by Crippen LogP contribution is 2.32. The second-order valence-electron chi connectivity index (χ2n) is 5.10. The van der Waals surface area contributed by atoms with Crippen LogP contribution in [-0.4, -0.2) is 25.7 Å². The van der Waals surface area contributed by atoms with Gasteiger partial charge in [0.25, 0.3) is 0 Å². The zero-order valence-corrected chi connectivity index (χ0v) is 12.9. The molecule has 0 aliphatic heterocycles. The summed E-state index contributed by atoms with van der Waals surface area (Å²) in [5.41, 5.74) is 0. The molecular formula is C13H21NO3S2. The molecular weight excluding hydrogens is 282 g/mol. The molecule has 1 heterocycles. The maximum Gasteiger partial charge on any atom is 0.250 e. The maximum absolute atomic E-state index is 12.3. The van der Waals surface area contributed by atoms with Gasteiger partial charge in [-0.3, -0.25) is 0 Å². The number of rotatable bonds is 6. The van der Waals surface area contributed by atoms with Gasteiger partial charge in [-0.25, -0.2) is 13.1 Å². The van der Waals surface area contributed by atoms with Gasteiger partial charge in [-0.15, -0.1) is 11.3 Å². The predicted octanol–water partition coefficient (Wildman–Crippen LogP) is 2.14. The van der Waals surface area contributed by atoms with E-state index in [-0.39, 0.29) is 18.1 Å². The van der Waals surface area contributed by atoms with Gasteiger partial charge in [-0.2, -0.15) is 0 Å². The molecule has 0 amide bonds. The first-order valence-corrected chi connectivity index (χ1v) is 9.05. The number of thiophene rings is 1. The first kappa shape index (κ1) is 15.0. The molecule has 4 nitrogen and oxygen atoms in total. The number of hydrogen-bond acceptors (Lipinski definition) is 4. The van der Waals surface area contributed by atoms with E-state index in [1.807, 2.05) is 19.9 Å². The first-order valence-electron chi connectivity index (χ1n) is 6.75. The summed E-state index contributed by atoms with van der Waals surface area (Å²) >= 11 is 1.33. The van der Waals surface area contributed by atoms with Gasteiger partial charge in [0.15, 0.2) is 0 Å². The highest BCUT2D eigenvalue weighted by molar-refractivity contribution is 7.91. The number of aryl methyl sites for hydroxylation is 1. The fourth-order valence-corrected chi connectivity index (χ4v) is 5.12. The van der Waals surface area contributed by atoms with E-state index in [1.165, 1.54) is 11.3 Å². The molecule has 1 saturated carbocycles. The van der Waals surface area contributed by atoms with Crippen LogP contribution in [0, 0.1) is 5.92 Å². The molecule has 0 spiro atoms. The zero-order chi connectivity index (χ0) is 14.0. The number of nitrogens with one attached hydrogen (secondary N) is 1. The summed E-state index contributed by atoms with van der Waals surface area (Å²) < 4.78 is 27.8. The zero-order valence-electron chi connectivity index (χ0n) is 11.3. The van der Waals surface area contributed by atoms with Crippen LogP contribution >= 0.6 is 11.3 Å². The van der Waals surface area contributed by atoms with Crippen LogP contribution in [0.1, 0.15) is 38.0 Å². The van der Waals surface area contributed by atoms with Crippen molar-refractivity contribution in [1.29, 1.82) is 0 Å². The summed E-state index contributed by atoms with van der Waals surface area (Å²) in [4.78, 5) is 1.08. The Bertz CT molecular complexity index is 518. The van der Waals surface area contributed by atoms with E-state index < -0.39 is 10.0 Å². The molecule has 1 aliphatic rings. The molecule has 1 atom stereocenters. The highest BCUT2D eigenvalue weighted by Gasteiger charge is 2.35. The molecule has 0 saturated heterocycles. The van der Waals surface area contributed by atoms with Gasteiger partial charge >= 0.3 is 0 Å². The van der Waals surface area contributed by atoms with Gasteiger partial charge in [-0.1, -0.05) is 13.8 Å². The van der Waals surface area contributed by atoms with E-state index in [0.717, 1.165) is 17.7 Å². The molecule has 6 heteroatoms. The van der Waals surface area contributed by atoms with Crippen molar-refractivity contribution in [2.45, 2.75) is 55.9 Å². The van der Waals surface area contributed by atoms with Gasteiger partial charge in [0.2, 0.25) is 10.0 Å². The van der Waals surface area contributed by atoms with Gasteiger partial charge in [-0.05, 0) is 43.7 Å². The maximum atomic E-state index is 12.3. The smallest absolute Gasteiger partial charge is 0.250 e. The monoisotopic (exact) mass is 303 g/mol. The summed E-state index contributed by atoms with van der Waals surface area (Å²) in [5, 5.41) is 9.34. The van der Waals surface area contributed by atoms with E-state index >= 15 is 0 Å². The van der Waals surface area contributed by atoms with Crippen LogP contribution in [0.4, 0.5) is 0 Å². The molecule has 1 aromatic heterocycles. The Morgan fingerprint density at radius 2 is 2.11 bits per heavy atom. The van der Waals surface area contributed by atoms with Crippen LogP contribution in [0.15, 0.2) is 16.3 Å². The largest absolute Gasteiger partial charge is 0.393 e. The molecule has 0 bridgehead atoms. The Kier molecular flexibility index (Phi) is 4.66. The van der Waals surface area contributed by atoms with E-state index in [1.54, 1.807) is 6.07 Å². The quantitative estimate of drug-likeness (QED) is 0.846. The summed E-state index contributed by atoms with van der Waals surface area (Å²) in [6, 6.07) is 3.47. The third-order valence-corrected chi connectivity index (χ3v) is 6.93. The van der Waals surface area contributed by atoms with Crippen LogP contribution in [0.5, 0.6) is 0 Å². The summed E-state index contributed by atoms with van der Waals surface area (Å²) in [7, 11) is -3.41. The van der Waals surface area contributed by atoms with Crippen molar-refractivity contribution >= 4 is 21.4 Å². The van der Waals surface area contributed by atoms with E-state index in [0.29, 0.717) is 17.1 Å². The lowest BCUT2D eigenvalue weighted by Gasteiger charge is -2.37. The number of sulfonamides is 1. The Labute approximate surface area is 118 Å². The minimum absolute atomic E-state index is 0.0689. The lowest BCUT2D eigenvalue weighted by atomic mass is 9.77. The highest BCUT2D eigenvalue weighted by atomic mass is 32.2. The molecule has 1 fully saturated rings. The third-order valence-electron chi connectivity index (χ3n) is 3.72. The van der Waals surface area contributed by atoms with E-state index in [9.17, 15) is 13.5 Å². The summed E-state index contributed by atoms with van der Waals surface area (Å²) in [5.74, 6) is 0.264. The molecule has 1 aliphatic carbocycles. The lowest BCUT2D eigenvalue weighted by molar-refractivity contribution is 0.0277. The van der Waals surface area contributed by atoms with Crippen LogP contribution in [-0.2, 0) is 16.4 Å². The number of hydrogen-bond donors (Lipinski definition) is 2. The van der Waals surface area contributed by atoms with Crippen molar-refractivity contribution in [3.8, 4) is 0 Å². The van der Waals surface area contributed by atoms with E-state index in [2.05, 4.69) is 4.72 Å². The van der Waals surface area contributed by atoms with Crippen LogP contribution < -0.4 is 4.72 Å². The second kappa shape index (κ2) is 5.91. The topological polar surface area (TPSA) is 66.4 Å². The van der Waals surface area contributed by atoms with Crippen molar-refractivity contribution in [2.24, 2.45) is 5.92 Å². The lowest BCUT2D eigenvalue weighted by Crippen LogP contribution is -2.46. The molecule has 0 radical (unpaired) electrons. The van der Waals surface area contributed by atoms with Gasteiger partial charge in [0.05, 0.1) is 6.10 Å². The minimum atomic E-state index is -3.41.